The molecule has 0 aromatic carbocycles. The van der Waals surface area contributed by atoms with Crippen LogP contribution in [0.25, 0.3) is 44.7 Å². The highest BCUT2D eigenvalue weighted by Gasteiger charge is 2.30. The number of aromatic amines is 2. The second-order valence-electron chi connectivity index (χ2n) is 31.8. The van der Waals surface area contributed by atoms with E-state index in [0.717, 1.165) is 62.1 Å². The van der Waals surface area contributed by atoms with E-state index in [0.29, 0.717) is 6.42 Å². The highest BCUT2D eigenvalue weighted by Crippen LogP contribution is 2.20. The molecule has 11 aromatic heterocycles. The first kappa shape index (κ1) is 100. The number of aromatic nitrogens is 22. The Morgan fingerprint density at radius 1 is 0.307 bits per heavy atom. The average molecular weight is 1900 g/mol. The first-order valence-electron chi connectivity index (χ1n) is 42.9. The van der Waals surface area contributed by atoms with Crippen LogP contribution in [0.1, 0.15) is 90.4 Å². The number of ketones is 6. The molecule has 0 spiro atoms. The molecule has 0 atom stereocenters. The summed E-state index contributed by atoms with van der Waals surface area (Å²) in [6, 6.07) is 3.85. The molecule has 17 N–H and O–H groups in total. The van der Waals surface area contributed by atoms with Gasteiger partial charge in [-0.15, -0.1) is 0 Å². The monoisotopic (exact) mass is 1900 g/mol. The average Bonchev–Trinajstić information content (AvgIpc) is 1.78. The summed E-state index contributed by atoms with van der Waals surface area (Å²) in [6.45, 7) is -7.52. The number of amides is 7. The molecule has 0 unspecified atom stereocenters. The first-order chi connectivity index (χ1) is 65.4. The van der Waals surface area contributed by atoms with Crippen molar-refractivity contribution in [2.24, 2.45) is 0 Å². The zero-order valence-corrected chi connectivity index (χ0v) is 74.3. The minimum absolute atomic E-state index is 0.0102. The van der Waals surface area contributed by atoms with Gasteiger partial charge in [-0.1, -0.05) is 6.92 Å². The van der Waals surface area contributed by atoms with Crippen molar-refractivity contribution in [3.63, 3.8) is 0 Å². The van der Waals surface area contributed by atoms with Gasteiger partial charge in [-0.05, 0) is 63.1 Å². The van der Waals surface area contributed by atoms with Crippen LogP contribution in [0.3, 0.4) is 0 Å². The fourth-order valence-electron chi connectivity index (χ4n) is 14.6. The number of hydrogen-bond acceptors (Lipinski definition) is 39. The lowest BCUT2D eigenvalue weighted by atomic mass is 10.1. The standard InChI is InChI=1S/C81H100N36O20/c1-2-18-104(57(124)34-111-25-15-54(82)97-79(111)135)28-48(118)9-3-23-109(62(129)39-116-46-95-67-73(116)100-77(87)102-75(67)133)33-52(122)11-5-20-106(59(126)36-113-27-17-56(84)99-81(113)137)30-49(119)12-6-21-107(60(127)37-114-44-93-65-69(85)89-42-91-71(65)114)31-51(121)10-4-19-105(58(125)35-112-26-16-55(83)98-80(112)136)29-50(120)13-7-22-108(61(128)38-115-45-94-66-70(86)90-43-92-72(66)115)32-53(123)14-8-24-110(41-64(131)132)63(130)40-117-47-96-68-74(117)101-78(88)103-76(68)134/h15-17,25-27,42-47H,2-14,18-24,28-41H2,1H3,(H,131,132)(H2,82,97,135)(H2,83,98,136)(H2,84,99,137)(H2,85,89,91)(H2,86,90,92)(H3,87,100,102,133)(H3,88,101,103,134). The smallest absolute Gasteiger partial charge is 0.349 e. The number of nitrogens with two attached hydrogens (primary N) is 7. The molecule has 0 aliphatic heterocycles. The SMILES string of the molecule is CCCN(CC(=O)CCCN(CC(=O)CCCN(CC(=O)CCCN(CC(=O)CCCN(CC(=O)CCCN(CC(=O)CCCN(CC(=O)O)C(=O)Cn1cnc2c(=O)[nH]c(N)nc21)C(=O)Cn1cnc2c(N)ncnc21)C(=O)Cn1ccc(N)nc1=O)C(=O)Cn1cnc2c(N)ncnc21)C(=O)Cn1ccc(N)nc1=O)C(=O)Cn1cnc2c(=O)[nH]c(N)nc21)C(=O)Cn1ccc(N)nc1=O. The van der Waals surface area contributed by atoms with Crippen LogP contribution in [0.2, 0.25) is 0 Å². The Labute approximate surface area is 772 Å². The van der Waals surface area contributed by atoms with E-state index in [1.807, 2.05) is 0 Å². The Balaban J connectivity index is 0.739. The maximum absolute atomic E-state index is 14.6. The van der Waals surface area contributed by atoms with Crippen molar-refractivity contribution in [2.75, 3.05) is 132 Å². The van der Waals surface area contributed by atoms with Crippen molar-refractivity contribution in [1.29, 1.82) is 0 Å². The van der Waals surface area contributed by atoms with Gasteiger partial charge in [0.25, 0.3) is 11.1 Å². The summed E-state index contributed by atoms with van der Waals surface area (Å²) < 4.78 is 8.03. The molecule has 11 rings (SSSR count). The van der Waals surface area contributed by atoms with Crippen molar-refractivity contribution < 1.29 is 72.2 Å². The van der Waals surface area contributed by atoms with Crippen LogP contribution < -0.4 is 68.3 Å². The molecule has 0 saturated carbocycles. The Hall–Kier alpha value is -17.2. The number of carbonyl (C=O) groups excluding carboxylic acids is 13. The van der Waals surface area contributed by atoms with E-state index in [1.54, 1.807) is 6.92 Å². The van der Waals surface area contributed by atoms with Crippen LogP contribution in [0, 0.1) is 0 Å². The number of nitrogens with one attached hydrogen (secondary N) is 2. The molecule has 11 aromatic rings. The van der Waals surface area contributed by atoms with Gasteiger partial charge in [-0.25, -0.2) is 54.3 Å². The molecule has 7 amide bonds. The first-order valence-corrected chi connectivity index (χ1v) is 42.9. The topological polar surface area (TPSA) is 783 Å². The van der Waals surface area contributed by atoms with E-state index in [4.69, 9.17) is 40.1 Å². The summed E-state index contributed by atoms with van der Waals surface area (Å²) >= 11 is 0. The molecular formula is C81H100N36O20. The maximum atomic E-state index is 14.6. The van der Waals surface area contributed by atoms with Gasteiger partial charge in [0.2, 0.25) is 53.2 Å². The summed E-state index contributed by atoms with van der Waals surface area (Å²) in [7, 11) is 0. The number of nitrogen functional groups attached to an aromatic ring is 7. The number of hydrogen-bond donors (Lipinski definition) is 10. The predicted octanol–water partition coefficient (Wildman–Crippen LogP) is -5.83. The van der Waals surface area contributed by atoms with Crippen LogP contribution in [0.4, 0.5) is 41.0 Å². The molecule has 0 aliphatic rings. The van der Waals surface area contributed by atoms with Crippen LogP contribution >= 0.6 is 0 Å². The quantitative estimate of drug-likeness (QED) is 0.0170. The van der Waals surface area contributed by atoms with Crippen molar-refractivity contribution in [1.82, 2.24) is 141 Å². The fourth-order valence-corrected chi connectivity index (χ4v) is 14.6. The summed E-state index contributed by atoms with van der Waals surface area (Å²) in [5, 5.41) is 9.76. The lowest BCUT2D eigenvalue weighted by Gasteiger charge is -2.25. The van der Waals surface area contributed by atoms with Crippen LogP contribution in [0.5, 0.6) is 0 Å². The van der Waals surface area contributed by atoms with Crippen molar-refractivity contribution >= 4 is 168 Å². The number of aliphatic carboxylic acids is 1. The second kappa shape index (κ2) is 46.8. The zero-order valence-electron chi connectivity index (χ0n) is 74.3. The van der Waals surface area contributed by atoms with Crippen molar-refractivity contribution in [2.45, 2.75) is 136 Å². The number of nitrogens with zero attached hydrogens (tertiary/aromatic N) is 27. The molecule has 0 saturated heterocycles. The van der Waals surface area contributed by atoms with Gasteiger partial charge in [0.05, 0.1) is 64.6 Å². The molecular weight excluding hydrogens is 1800 g/mol. The third-order valence-corrected chi connectivity index (χ3v) is 21.5. The molecule has 137 heavy (non-hydrogen) atoms. The predicted molar refractivity (Wildman–Crippen MR) is 483 cm³/mol. The van der Waals surface area contributed by atoms with E-state index < -0.39 is 195 Å². The van der Waals surface area contributed by atoms with Gasteiger partial charge in [0, 0.05) is 103 Å². The summed E-state index contributed by atoms with van der Waals surface area (Å²) in [4.78, 5) is 323. The van der Waals surface area contributed by atoms with Crippen LogP contribution in [0.15, 0.2) is 98.7 Å². The van der Waals surface area contributed by atoms with Gasteiger partial charge in [-0.2, -0.15) is 24.9 Å². The highest BCUT2D eigenvalue weighted by molar-refractivity contribution is 5.93. The Bertz CT molecular complexity index is 6720. The van der Waals surface area contributed by atoms with E-state index in [-0.39, 0.29) is 215 Å². The highest BCUT2D eigenvalue weighted by atomic mass is 16.4. The lowest BCUT2D eigenvalue weighted by Crippen LogP contribution is -2.42. The van der Waals surface area contributed by atoms with Crippen LogP contribution in [-0.2, 0) is 113 Å². The molecule has 0 aliphatic carbocycles. The Morgan fingerprint density at radius 3 is 0.803 bits per heavy atom. The van der Waals surface area contributed by atoms with Crippen molar-refractivity contribution in [3.8, 4) is 0 Å². The molecule has 56 nitrogen and oxygen atoms in total. The number of fused-ring (bicyclic) bond motifs is 4. The summed E-state index contributed by atoms with van der Waals surface area (Å²) in [6.07, 6.45) is 8.80. The minimum Gasteiger partial charge on any atom is -0.480 e. The number of carboxylic acid groups (broad SMARTS) is 1. The number of carbonyl (C=O) groups is 14. The van der Waals surface area contributed by atoms with E-state index >= 15 is 0 Å². The molecule has 0 radical (unpaired) electrons. The van der Waals surface area contributed by atoms with Gasteiger partial charge in [-0.3, -0.25) is 100 Å². The molecule has 56 heteroatoms. The minimum atomic E-state index is -1.38. The molecule has 0 fully saturated rings. The Morgan fingerprint density at radius 2 is 0.547 bits per heavy atom. The third-order valence-electron chi connectivity index (χ3n) is 21.5. The number of carboxylic acids is 1. The second-order valence-corrected chi connectivity index (χ2v) is 31.8. The lowest BCUT2D eigenvalue weighted by molar-refractivity contribution is -0.144. The van der Waals surface area contributed by atoms with Crippen molar-refractivity contribution in [3.05, 3.63) is 127 Å². The number of H-pyrrole nitrogens is 2. The van der Waals surface area contributed by atoms with Gasteiger partial charge < -0.3 is 97.8 Å². The van der Waals surface area contributed by atoms with E-state index in [1.165, 1.54) is 78.9 Å². The van der Waals surface area contributed by atoms with E-state index in [9.17, 15) is 96.2 Å². The molecule has 11 heterocycles. The Kier molecular flexibility index (Phi) is 34.3. The van der Waals surface area contributed by atoms with Gasteiger partial charge >= 0.3 is 23.0 Å². The number of rotatable bonds is 54. The van der Waals surface area contributed by atoms with Crippen LogP contribution in [-0.4, -0.2) is 320 Å². The maximum Gasteiger partial charge on any atom is 0.349 e. The van der Waals surface area contributed by atoms with Gasteiger partial charge in [0.1, 0.15) is 93.5 Å². The van der Waals surface area contributed by atoms with Gasteiger partial charge in [0.15, 0.2) is 80.0 Å². The normalized spacial score (nSPS) is 11.3. The number of imidazole rings is 4. The molecule has 0 bridgehead atoms. The number of anilines is 7. The fraction of sp³-hybridized carbons (Fsp3) is 0.432. The summed E-state index contributed by atoms with van der Waals surface area (Å²) in [5.74, 6) is -10.5. The van der Waals surface area contributed by atoms with E-state index in [2.05, 4.69) is 74.8 Å². The number of Topliss-reactive ketones (excluding diaryl/α,β-unsaturated/α-hetero) is 6. The molecule has 724 valence electrons. The summed E-state index contributed by atoms with van der Waals surface area (Å²) in [5.41, 5.74) is 37.0. The third kappa shape index (κ3) is 28.0. The zero-order chi connectivity index (χ0) is 98.8. The largest absolute Gasteiger partial charge is 0.480 e.